The lowest BCUT2D eigenvalue weighted by atomic mass is 10.2. The SMILES string of the molecule is COc1ccccc1N1CCN(C(CC(=O)Nc2ccccc2)S(N)(=O)=O)CC1.O. The number of hydrogen-bond donors (Lipinski definition) is 2. The van der Waals surface area contributed by atoms with E-state index in [2.05, 4.69) is 10.2 Å². The third kappa shape index (κ3) is 5.92. The van der Waals surface area contributed by atoms with E-state index in [1.807, 2.05) is 30.3 Å². The quantitative estimate of drug-likeness (QED) is 0.653. The van der Waals surface area contributed by atoms with Crippen LogP contribution in [0.25, 0.3) is 0 Å². The predicted molar refractivity (Wildman–Crippen MR) is 117 cm³/mol. The minimum Gasteiger partial charge on any atom is -0.495 e. The number of piperazine rings is 1. The van der Waals surface area contributed by atoms with Crippen LogP contribution in [0.3, 0.4) is 0 Å². The van der Waals surface area contributed by atoms with Gasteiger partial charge in [-0.05, 0) is 24.3 Å². The summed E-state index contributed by atoms with van der Waals surface area (Å²) in [6.07, 6.45) is -0.220. The van der Waals surface area contributed by atoms with Gasteiger partial charge >= 0.3 is 0 Å². The topological polar surface area (TPSA) is 136 Å². The lowest BCUT2D eigenvalue weighted by molar-refractivity contribution is -0.116. The van der Waals surface area contributed by atoms with Crippen LogP contribution in [0.15, 0.2) is 54.6 Å². The summed E-state index contributed by atoms with van der Waals surface area (Å²) >= 11 is 0. The Kier molecular flexibility index (Phi) is 8.18. The number of rotatable bonds is 7. The molecule has 0 bridgehead atoms. The number of carbonyl (C=O) groups excluding carboxylic acids is 1. The number of sulfonamides is 1. The molecule has 1 fully saturated rings. The third-order valence-corrected chi connectivity index (χ3v) is 6.17. The van der Waals surface area contributed by atoms with E-state index >= 15 is 0 Å². The minimum atomic E-state index is -3.92. The first kappa shape index (κ1) is 23.6. The average molecular weight is 437 g/mol. The van der Waals surface area contributed by atoms with Crippen molar-refractivity contribution in [2.45, 2.75) is 11.8 Å². The number of ether oxygens (including phenoxy) is 1. The highest BCUT2D eigenvalue weighted by atomic mass is 32.2. The number of methoxy groups -OCH3 is 1. The Morgan fingerprint density at radius 1 is 1.07 bits per heavy atom. The van der Waals surface area contributed by atoms with Gasteiger partial charge in [0.1, 0.15) is 11.1 Å². The van der Waals surface area contributed by atoms with Crippen molar-refractivity contribution in [3.63, 3.8) is 0 Å². The molecule has 10 heteroatoms. The van der Waals surface area contributed by atoms with E-state index < -0.39 is 15.4 Å². The fourth-order valence-electron chi connectivity index (χ4n) is 3.49. The lowest BCUT2D eigenvalue weighted by Gasteiger charge is -2.39. The van der Waals surface area contributed by atoms with Gasteiger partial charge in [0.15, 0.2) is 0 Å². The molecule has 9 nitrogen and oxygen atoms in total. The highest BCUT2D eigenvalue weighted by molar-refractivity contribution is 7.89. The summed E-state index contributed by atoms with van der Waals surface area (Å²) in [7, 11) is -2.30. The molecule has 30 heavy (non-hydrogen) atoms. The standard InChI is InChI=1S/C20H26N4O4S.H2O/c1-28-18-10-6-5-9-17(18)23-11-13-24(14-12-23)20(29(21,26)27)15-19(25)22-16-7-3-2-4-8-16;/h2-10,20H,11-15H2,1H3,(H,22,25)(H2,21,26,27);1H2. The molecule has 1 aliphatic rings. The van der Waals surface area contributed by atoms with Crippen molar-refractivity contribution in [2.75, 3.05) is 43.5 Å². The van der Waals surface area contributed by atoms with Gasteiger partial charge in [0.25, 0.3) is 0 Å². The van der Waals surface area contributed by atoms with Crippen LogP contribution in [0.1, 0.15) is 6.42 Å². The number of carbonyl (C=O) groups is 1. The van der Waals surface area contributed by atoms with Gasteiger partial charge in [-0.15, -0.1) is 0 Å². The van der Waals surface area contributed by atoms with Gasteiger partial charge in [-0.1, -0.05) is 30.3 Å². The van der Waals surface area contributed by atoms with Crippen molar-refractivity contribution in [3.8, 4) is 5.75 Å². The fraction of sp³-hybridized carbons (Fsp3) is 0.350. The van der Waals surface area contributed by atoms with E-state index in [1.165, 1.54) is 0 Å². The maximum absolute atomic E-state index is 12.4. The van der Waals surface area contributed by atoms with Gasteiger partial charge in [0.2, 0.25) is 15.9 Å². The van der Waals surface area contributed by atoms with Crippen molar-refractivity contribution in [3.05, 3.63) is 54.6 Å². The molecule has 0 saturated carbocycles. The van der Waals surface area contributed by atoms with E-state index in [0.29, 0.717) is 31.9 Å². The maximum atomic E-state index is 12.4. The Morgan fingerprint density at radius 3 is 2.27 bits per heavy atom. The monoisotopic (exact) mass is 436 g/mol. The number of anilines is 2. The van der Waals surface area contributed by atoms with Gasteiger partial charge in [-0.2, -0.15) is 0 Å². The molecule has 1 saturated heterocycles. The normalized spacial score (nSPS) is 15.7. The van der Waals surface area contributed by atoms with Crippen LogP contribution in [-0.4, -0.2) is 63.4 Å². The fourth-order valence-corrected chi connectivity index (χ4v) is 4.50. The van der Waals surface area contributed by atoms with Crippen LogP contribution < -0.4 is 20.1 Å². The summed E-state index contributed by atoms with van der Waals surface area (Å²) < 4.78 is 29.8. The first-order valence-electron chi connectivity index (χ1n) is 9.37. The highest BCUT2D eigenvalue weighted by Gasteiger charge is 2.33. The van der Waals surface area contributed by atoms with Crippen molar-refractivity contribution in [1.82, 2.24) is 4.90 Å². The Morgan fingerprint density at radius 2 is 1.67 bits per heavy atom. The second kappa shape index (κ2) is 10.4. The Balaban J connectivity index is 0.00000320. The first-order valence-corrected chi connectivity index (χ1v) is 11.0. The Bertz CT molecular complexity index is 931. The van der Waals surface area contributed by atoms with E-state index in [-0.39, 0.29) is 17.8 Å². The van der Waals surface area contributed by atoms with Crippen molar-refractivity contribution in [1.29, 1.82) is 0 Å². The molecule has 1 atom stereocenters. The smallest absolute Gasteiger partial charge is 0.227 e. The predicted octanol–water partition coefficient (Wildman–Crippen LogP) is 0.636. The molecular weight excluding hydrogens is 408 g/mol. The minimum absolute atomic E-state index is 0. The van der Waals surface area contributed by atoms with E-state index in [1.54, 1.807) is 36.3 Å². The molecule has 1 aliphatic heterocycles. The molecule has 2 aromatic rings. The summed E-state index contributed by atoms with van der Waals surface area (Å²) in [4.78, 5) is 16.3. The molecule has 3 rings (SSSR count). The second-order valence-corrected chi connectivity index (χ2v) is 8.58. The molecular formula is C20H28N4O5S. The number of primary sulfonamides is 1. The highest BCUT2D eigenvalue weighted by Crippen LogP contribution is 2.29. The zero-order valence-corrected chi connectivity index (χ0v) is 17.6. The molecule has 0 aromatic heterocycles. The summed E-state index contributed by atoms with van der Waals surface area (Å²) in [6.45, 7) is 2.15. The van der Waals surface area contributed by atoms with Crippen molar-refractivity contribution in [2.24, 2.45) is 5.14 Å². The van der Waals surface area contributed by atoms with Crippen LogP contribution in [0.4, 0.5) is 11.4 Å². The largest absolute Gasteiger partial charge is 0.495 e. The van der Waals surface area contributed by atoms with Gasteiger partial charge in [0, 0.05) is 31.9 Å². The summed E-state index contributed by atoms with van der Waals surface area (Å²) in [5.74, 6) is 0.383. The van der Waals surface area contributed by atoms with E-state index in [0.717, 1.165) is 11.4 Å². The summed E-state index contributed by atoms with van der Waals surface area (Å²) in [5, 5.41) is 7.12. The average Bonchev–Trinajstić information content (AvgIpc) is 2.72. The number of para-hydroxylation sites is 3. The summed E-state index contributed by atoms with van der Waals surface area (Å²) in [6, 6.07) is 16.6. The maximum Gasteiger partial charge on any atom is 0.227 e. The van der Waals surface area contributed by atoms with Crippen LogP contribution in [-0.2, 0) is 14.8 Å². The van der Waals surface area contributed by atoms with Crippen molar-refractivity contribution < 1.29 is 23.4 Å². The third-order valence-electron chi connectivity index (χ3n) is 4.94. The number of nitrogens with one attached hydrogen (secondary N) is 1. The van der Waals surface area contributed by atoms with Crippen LogP contribution in [0.2, 0.25) is 0 Å². The zero-order chi connectivity index (χ0) is 20.9. The number of amides is 1. The Labute approximate surface area is 176 Å². The number of nitrogens with two attached hydrogens (primary N) is 1. The van der Waals surface area contributed by atoms with Gasteiger partial charge in [-0.25, -0.2) is 13.6 Å². The molecule has 0 spiro atoms. The van der Waals surface area contributed by atoms with Crippen LogP contribution in [0.5, 0.6) is 5.75 Å². The van der Waals surface area contributed by atoms with Crippen molar-refractivity contribution >= 4 is 27.3 Å². The molecule has 1 unspecified atom stereocenters. The van der Waals surface area contributed by atoms with Crippen LogP contribution in [0, 0.1) is 0 Å². The molecule has 0 radical (unpaired) electrons. The Hall–Kier alpha value is -2.66. The van der Waals surface area contributed by atoms with E-state index in [4.69, 9.17) is 9.88 Å². The van der Waals surface area contributed by atoms with Gasteiger partial charge in [-0.3, -0.25) is 9.69 Å². The molecule has 1 heterocycles. The first-order chi connectivity index (χ1) is 13.9. The lowest BCUT2D eigenvalue weighted by Crippen LogP contribution is -2.54. The molecule has 2 aromatic carbocycles. The number of benzene rings is 2. The number of hydrogen-bond acceptors (Lipinski definition) is 6. The van der Waals surface area contributed by atoms with E-state index in [9.17, 15) is 13.2 Å². The molecule has 164 valence electrons. The van der Waals surface area contributed by atoms with Gasteiger partial charge < -0.3 is 20.4 Å². The second-order valence-electron chi connectivity index (χ2n) is 6.86. The van der Waals surface area contributed by atoms with Crippen LogP contribution >= 0.6 is 0 Å². The number of nitrogens with zero attached hydrogens (tertiary/aromatic N) is 2. The summed E-state index contributed by atoms with van der Waals surface area (Å²) in [5.41, 5.74) is 1.58. The molecule has 1 amide bonds. The molecule has 5 N–H and O–H groups in total. The zero-order valence-electron chi connectivity index (χ0n) is 16.8. The van der Waals surface area contributed by atoms with Gasteiger partial charge in [0.05, 0.1) is 19.2 Å². The molecule has 0 aliphatic carbocycles.